The third-order valence-corrected chi connectivity index (χ3v) is 9.06. The van der Waals surface area contributed by atoms with E-state index in [2.05, 4.69) is 5.32 Å². The van der Waals surface area contributed by atoms with E-state index in [9.17, 15) is 27.6 Å². The number of carbonyl (C=O) groups is 4. The van der Waals surface area contributed by atoms with Crippen molar-refractivity contribution in [2.45, 2.75) is 107 Å². The molecule has 0 spiro atoms. The summed E-state index contributed by atoms with van der Waals surface area (Å²) in [6.07, 6.45) is 11.4. The van der Waals surface area contributed by atoms with E-state index in [4.69, 9.17) is 5.11 Å². The molecule has 3 rings (SSSR count). The molecular formula is C27H38N2O7S. The number of unbranched alkanes of at least 4 members (excludes halogenated alkanes) is 10. The van der Waals surface area contributed by atoms with Crippen LogP contribution in [0.25, 0.3) is 0 Å². The number of nitrogens with one attached hydrogen (secondary N) is 1. The van der Waals surface area contributed by atoms with E-state index in [-0.39, 0.29) is 48.3 Å². The zero-order valence-corrected chi connectivity index (χ0v) is 22.2. The molecule has 1 atom stereocenters. The number of imide groups is 1. The SMILES string of the molecule is O=C(O)CCCCCCCCCCCCCS(=O)(=O)c1cccc2c1CN(C1CCC(=O)NC1=O)C2=O. The number of sulfone groups is 1. The molecule has 2 heterocycles. The van der Waals surface area contributed by atoms with Crippen LogP contribution >= 0.6 is 0 Å². The van der Waals surface area contributed by atoms with Gasteiger partial charge >= 0.3 is 5.97 Å². The molecule has 2 N–H and O–H groups in total. The van der Waals surface area contributed by atoms with Crippen LogP contribution in [0.1, 0.15) is 106 Å². The van der Waals surface area contributed by atoms with Crippen molar-refractivity contribution >= 4 is 33.5 Å². The first kappa shape index (κ1) is 28.8. The van der Waals surface area contributed by atoms with Gasteiger partial charge in [0.05, 0.1) is 10.6 Å². The summed E-state index contributed by atoms with van der Waals surface area (Å²) in [6.45, 7) is 0.0510. The number of rotatable bonds is 16. The second kappa shape index (κ2) is 13.7. The number of nitrogens with zero attached hydrogens (tertiary/aromatic N) is 1. The first-order valence-electron chi connectivity index (χ1n) is 13.4. The van der Waals surface area contributed by atoms with E-state index >= 15 is 0 Å². The summed E-state index contributed by atoms with van der Waals surface area (Å²) in [5, 5.41) is 10.9. The second-order valence-corrected chi connectivity index (χ2v) is 12.1. The van der Waals surface area contributed by atoms with Crippen LogP contribution in [0.4, 0.5) is 0 Å². The number of aliphatic carboxylic acids is 1. The molecule has 1 fully saturated rings. The van der Waals surface area contributed by atoms with Gasteiger partial charge in [0.15, 0.2) is 9.84 Å². The van der Waals surface area contributed by atoms with Gasteiger partial charge in [-0.05, 0) is 31.4 Å². The van der Waals surface area contributed by atoms with E-state index in [1.54, 1.807) is 12.1 Å². The Morgan fingerprint density at radius 3 is 2.11 bits per heavy atom. The van der Waals surface area contributed by atoms with Crippen molar-refractivity contribution < 1.29 is 32.7 Å². The van der Waals surface area contributed by atoms with E-state index in [0.29, 0.717) is 17.5 Å². The number of piperidine rings is 1. The van der Waals surface area contributed by atoms with Crippen molar-refractivity contribution in [3.8, 4) is 0 Å². The summed E-state index contributed by atoms with van der Waals surface area (Å²) in [4.78, 5) is 48.7. The van der Waals surface area contributed by atoms with Crippen molar-refractivity contribution in [2.75, 3.05) is 5.75 Å². The van der Waals surface area contributed by atoms with Crippen LogP contribution in [0, 0.1) is 0 Å². The molecule has 37 heavy (non-hydrogen) atoms. The third kappa shape index (κ3) is 8.12. The van der Waals surface area contributed by atoms with Crippen LogP contribution in [-0.2, 0) is 30.8 Å². The lowest BCUT2D eigenvalue weighted by molar-refractivity contribution is -0.138. The maximum Gasteiger partial charge on any atom is 0.303 e. The first-order valence-corrected chi connectivity index (χ1v) is 15.1. The van der Waals surface area contributed by atoms with Gasteiger partial charge in [-0.3, -0.25) is 24.5 Å². The molecule has 1 aromatic carbocycles. The largest absolute Gasteiger partial charge is 0.481 e. The Morgan fingerprint density at radius 1 is 0.919 bits per heavy atom. The zero-order valence-electron chi connectivity index (χ0n) is 21.4. The Balaban J connectivity index is 1.39. The number of carbonyl (C=O) groups excluding carboxylic acids is 3. The van der Waals surface area contributed by atoms with Gasteiger partial charge in [-0.2, -0.15) is 0 Å². The number of benzene rings is 1. The maximum atomic E-state index is 13.1. The van der Waals surface area contributed by atoms with Crippen LogP contribution in [-0.4, -0.2) is 53.9 Å². The minimum Gasteiger partial charge on any atom is -0.481 e. The van der Waals surface area contributed by atoms with Gasteiger partial charge in [0, 0.05) is 30.5 Å². The Hall–Kier alpha value is -2.75. The minimum atomic E-state index is -3.57. The predicted octanol–water partition coefficient (Wildman–Crippen LogP) is 3.99. The second-order valence-electron chi connectivity index (χ2n) is 10.0. The molecule has 0 saturated carbocycles. The lowest BCUT2D eigenvalue weighted by Gasteiger charge is -2.29. The molecule has 2 aliphatic rings. The van der Waals surface area contributed by atoms with E-state index < -0.39 is 27.8 Å². The van der Waals surface area contributed by atoms with Gasteiger partial charge in [0.2, 0.25) is 11.8 Å². The number of carboxylic acids is 1. The van der Waals surface area contributed by atoms with Crippen LogP contribution in [0.2, 0.25) is 0 Å². The van der Waals surface area contributed by atoms with Crippen LogP contribution in [0.15, 0.2) is 23.1 Å². The summed E-state index contributed by atoms with van der Waals surface area (Å²) in [6, 6.07) is 3.93. The third-order valence-electron chi connectivity index (χ3n) is 7.18. The van der Waals surface area contributed by atoms with Gasteiger partial charge in [-0.25, -0.2) is 8.42 Å². The molecule has 0 bridgehead atoms. The molecule has 0 aliphatic carbocycles. The Kier molecular flexibility index (Phi) is 10.7. The van der Waals surface area contributed by atoms with Gasteiger partial charge < -0.3 is 10.0 Å². The van der Waals surface area contributed by atoms with Crippen LogP contribution < -0.4 is 5.32 Å². The average Bonchev–Trinajstić information content (AvgIpc) is 3.18. The molecule has 1 saturated heterocycles. The summed E-state index contributed by atoms with van der Waals surface area (Å²) >= 11 is 0. The van der Waals surface area contributed by atoms with Crippen LogP contribution in [0.3, 0.4) is 0 Å². The lowest BCUT2D eigenvalue weighted by Crippen LogP contribution is -2.52. The minimum absolute atomic E-state index is 0.0202. The van der Waals surface area contributed by atoms with Gasteiger partial charge in [0.25, 0.3) is 5.91 Å². The quantitative estimate of drug-likeness (QED) is 0.242. The van der Waals surface area contributed by atoms with E-state index in [1.165, 1.54) is 11.0 Å². The van der Waals surface area contributed by atoms with Gasteiger partial charge in [0.1, 0.15) is 6.04 Å². The monoisotopic (exact) mass is 534 g/mol. The van der Waals surface area contributed by atoms with Crippen LogP contribution in [0.5, 0.6) is 0 Å². The standard InChI is InChI=1S/C27H38N2O7S/c30-24-17-16-22(26(33)28-24)29-19-21-20(27(29)34)13-12-14-23(21)37(35,36)18-11-9-7-5-3-1-2-4-6-8-10-15-25(31)32/h12-14,22H,1-11,15-19H2,(H,31,32)(H,28,30,33). The van der Waals surface area contributed by atoms with Crippen molar-refractivity contribution in [3.63, 3.8) is 0 Å². The number of hydrogen-bond acceptors (Lipinski definition) is 6. The molecule has 9 nitrogen and oxygen atoms in total. The zero-order chi connectivity index (χ0) is 26.8. The smallest absolute Gasteiger partial charge is 0.303 e. The lowest BCUT2D eigenvalue weighted by atomic mass is 10.0. The molecule has 204 valence electrons. The number of amides is 3. The summed E-state index contributed by atoms with van der Waals surface area (Å²) in [5.74, 6) is -1.96. The molecular weight excluding hydrogens is 496 g/mol. The Bertz CT molecular complexity index is 1100. The highest BCUT2D eigenvalue weighted by Gasteiger charge is 2.40. The molecule has 1 aromatic rings. The normalized spacial score (nSPS) is 17.7. The molecule has 10 heteroatoms. The average molecular weight is 535 g/mol. The highest BCUT2D eigenvalue weighted by atomic mass is 32.2. The molecule has 0 aromatic heterocycles. The highest BCUT2D eigenvalue weighted by molar-refractivity contribution is 7.91. The van der Waals surface area contributed by atoms with Crippen molar-refractivity contribution in [1.29, 1.82) is 0 Å². The van der Waals surface area contributed by atoms with Crippen molar-refractivity contribution in [3.05, 3.63) is 29.3 Å². The topological polar surface area (TPSA) is 138 Å². The van der Waals surface area contributed by atoms with E-state index in [0.717, 1.165) is 64.2 Å². The molecule has 0 radical (unpaired) electrons. The molecule has 2 aliphatic heterocycles. The Labute approximate surface area is 218 Å². The fourth-order valence-electron chi connectivity index (χ4n) is 5.12. The van der Waals surface area contributed by atoms with Gasteiger partial charge in [-0.1, -0.05) is 63.9 Å². The highest BCUT2D eigenvalue weighted by Crippen LogP contribution is 2.32. The number of carboxylic acid groups (broad SMARTS) is 1. The van der Waals surface area contributed by atoms with Gasteiger partial charge in [-0.15, -0.1) is 0 Å². The van der Waals surface area contributed by atoms with Crippen molar-refractivity contribution in [2.24, 2.45) is 0 Å². The maximum absolute atomic E-state index is 13.1. The van der Waals surface area contributed by atoms with Crippen molar-refractivity contribution in [1.82, 2.24) is 10.2 Å². The fourth-order valence-corrected chi connectivity index (χ4v) is 6.76. The Morgan fingerprint density at radius 2 is 1.51 bits per heavy atom. The summed E-state index contributed by atoms with van der Waals surface area (Å²) < 4.78 is 26.2. The summed E-state index contributed by atoms with van der Waals surface area (Å²) in [5.41, 5.74) is 0.757. The molecule has 3 amide bonds. The number of hydrogen-bond donors (Lipinski definition) is 2. The molecule has 1 unspecified atom stereocenters. The first-order chi connectivity index (χ1) is 17.7. The van der Waals surface area contributed by atoms with E-state index in [1.807, 2.05) is 0 Å². The predicted molar refractivity (Wildman–Crippen MR) is 138 cm³/mol. The number of fused-ring (bicyclic) bond motifs is 1. The fraction of sp³-hybridized carbons (Fsp3) is 0.630. The summed E-state index contributed by atoms with van der Waals surface area (Å²) in [7, 11) is -3.57.